The van der Waals surface area contributed by atoms with Crippen molar-refractivity contribution in [3.63, 3.8) is 0 Å². The molecule has 0 atom stereocenters. The molecule has 172 valence electrons. The Kier molecular flexibility index (Phi) is 6.63. The first-order valence-corrected chi connectivity index (χ1v) is 10.6. The predicted molar refractivity (Wildman–Crippen MR) is 130 cm³/mol. The van der Waals surface area contributed by atoms with Gasteiger partial charge in [0, 0.05) is 42.7 Å². The van der Waals surface area contributed by atoms with Gasteiger partial charge in [-0.15, -0.1) is 0 Å². The average molecular weight is 458 g/mol. The van der Waals surface area contributed by atoms with Gasteiger partial charge in [-0.25, -0.2) is 13.9 Å². The maximum Gasteiger partial charge on any atom is 0.254 e. The van der Waals surface area contributed by atoms with Gasteiger partial charge in [0.15, 0.2) is 0 Å². The second-order valence-electron chi connectivity index (χ2n) is 7.59. The van der Waals surface area contributed by atoms with Gasteiger partial charge in [-0.3, -0.25) is 10.2 Å². The van der Waals surface area contributed by atoms with E-state index < -0.39 is 0 Å². The molecule has 8 nitrogen and oxygen atoms in total. The molecule has 0 saturated carbocycles. The molecule has 0 saturated heterocycles. The number of carbonyl (C=O) groups excluding carboxylic acids is 1. The molecule has 4 N–H and O–H groups in total. The summed E-state index contributed by atoms with van der Waals surface area (Å²) in [7, 11) is 1.56. The van der Waals surface area contributed by atoms with Crippen LogP contribution in [0.25, 0.3) is 11.2 Å². The van der Waals surface area contributed by atoms with Crippen molar-refractivity contribution in [1.82, 2.24) is 25.2 Å². The van der Waals surface area contributed by atoms with Gasteiger partial charge < -0.3 is 16.0 Å². The van der Waals surface area contributed by atoms with Crippen LogP contribution in [0, 0.1) is 18.2 Å². The number of anilines is 1. The molecule has 0 aliphatic rings. The fraction of sp³-hybridized carbons (Fsp3) is 0.120. The molecule has 9 heteroatoms. The first-order chi connectivity index (χ1) is 16.4. The predicted octanol–water partition coefficient (Wildman–Crippen LogP) is 3.76. The Morgan fingerprint density at radius 1 is 1.18 bits per heavy atom. The number of nitrogens with one attached hydrogen (secondary N) is 4. The molecular weight excluding hydrogens is 433 g/mol. The lowest BCUT2D eigenvalue weighted by atomic mass is 10.1. The summed E-state index contributed by atoms with van der Waals surface area (Å²) in [5, 5.41) is 21.5. The van der Waals surface area contributed by atoms with Crippen LogP contribution in [0.5, 0.6) is 0 Å². The molecule has 0 radical (unpaired) electrons. The number of hydrogen-bond donors (Lipinski definition) is 4. The summed E-state index contributed by atoms with van der Waals surface area (Å²) in [5.74, 6) is 0.110. The topological polar surface area (TPSA) is 107 Å². The van der Waals surface area contributed by atoms with E-state index in [0.29, 0.717) is 28.2 Å². The number of halogens is 1. The summed E-state index contributed by atoms with van der Waals surface area (Å²) in [6.07, 6.45) is 4.86. The molecule has 0 fully saturated rings. The number of pyridine rings is 2. The van der Waals surface area contributed by atoms with Gasteiger partial charge in [-0.1, -0.05) is 24.3 Å². The van der Waals surface area contributed by atoms with Crippen LogP contribution in [-0.2, 0) is 6.54 Å². The van der Waals surface area contributed by atoms with E-state index >= 15 is 0 Å². The molecule has 1 amide bonds. The van der Waals surface area contributed by atoms with E-state index in [1.807, 2.05) is 37.3 Å². The lowest BCUT2D eigenvalue weighted by Crippen LogP contribution is -2.21. The molecule has 3 heterocycles. The fourth-order valence-electron chi connectivity index (χ4n) is 3.43. The molecule has 4 aromatic rings. The monoisotopic (exact) mass is 457 g/mol. The highest BCUT2D eigenvalue weighted by molar-refractivity contribution is 6.02. The van der Waals surface area contributed by atoms with Crippen molar-refractivity contribution in [2.24, 2.45) is 0 Å². The minimum Gasteiger partial charge on any atom is -0.366 e. The van der Waals surface area contributed by atoms with Crippen molar-refractivity contribution in [2.75, 3.05) is 12.4 Å². The third-order valence-corrected chi connectivity index (χ3v) is 5.17. The third-order valence-electron chi connectivity index (χ3n) is 5.17. The van der Waals surface area contributed by atoms with Crippen molar-refractivity contribution < 1.29 is 9.18 Å². The molecule has 4 rings (SSSR count). The quantitative estimate of drug-likeness (QED) is 0.250. The molecule has 0 aliphatic heterocycles. The molecule has 1 aromatic carbocycles. The van der Waals surface area contributed by atoms with Crippen LogP contribution in [-0.4, -0.2) is 33.4 Å². The first-order valence-electron chi connectivity index (χ1n) is 10.6. The van der Waals surface area contributed by atoms with Crippen molar-refractivity contribution >= 4 is 28.8 Å². The standard InChI is InChI=1S/C25H24FN7O/c1-16-6-5-9-24(31-16)32-21(13-23(27)29-14-18-7-3-4-8-20(18)26)17-10-11-33-22(12-17)19(15-30-33)25(34)28-2/h3-13,15H,14H2,1-2H3,(H2,27,29)(H,28,34)(H,31,32)/b21-13-. The summed E-state index contributed by atoms with van der Waals surface area (Å²) in [4.78, 5) is 16.7. The van der Waals surface area contributed by atoms with Crippen molar-refractivity contribution in [3.8, 4) is 0 Å². The molecule has 0 spiro atoms. The SMILES string of the molecule is CNC(=O)c1cnn2ccc(/C(=C/C(=N)NCc3ccccc3F)Nc3cccc(C)n3)cc12. The zero-order chi connectivity index (χ0) is 24.1. The van der Waals surface area contributed by atoms with Gasteiger partial charge in [-0.05, 0) is 37.3 Å². The highest BCUT2D eigenvalue weighted by Crippen LogP contribution is 2.21. The summed E-state index contributed by atoms with van der Waals surface area (Å²) in [6.45, 7) is 2.06. The average Bonchev–Trinajstić information content (AvgIpc) is 3.26. The van der Waals surface area contributed by atoms with E-state index in [4.69, 9.17) is 5.41 Å². The highest BCUT2D eigenvalue weighted by atomic mass is 19.1. The Balaban J connectivity index is 1.68. The van der Waals surface area contributed by atoms with Crippen molar-refractivity contribution in [2.45, 2.75) is 13.5 Å². The van der Waals surface area contributed by atoms with Gasteiger partial charge in [0.05, 0.1) is 23.0 Å². The number of nitrogens with zero attached hydrogens (tertiary/aromatic N) is 3. The Hall–Kier alpha value is -4.53. The lowest BCUT2D eigenvalue weighted by molar-refractivity contribution is 0.0964. The Morgan fingerprint density at radius 2 is 2.00 bits per heavy atom. The van der Waals surface area contributed by atoms with Crippen molar-refractivity contribution in [1.29, 1.82) is 5.41 Å². The second kappa shape index (κ2) is 9.95. The normalized spacial score (nSPS) is 11.3. The van der Waals surface area contributed by atoms with Crippen LogP contribution in [0.2, 0.25) is 0 Å². The van der Waals surface area contributed by atoms with Crippen LogP contribution in [0.4, 0.5) is 10.2 Å². The van der Waals surface area contributed by atoms with Crippen LogP contribution < -0.4 is 16.0 Å². The van der Waals surface area contributed by atoms with Gasteiger partial charge in [0.25, 0.3) is 5.91 Å². The maximum atomic E-state index is 14.0. The number of fused-ring (bicyclic) bond motifs is 1. The smallest absolute Gasteiger partial charge is 0.254 e. The zero-order valence-corrected chi connectivity index (χ0v) is 18.8. The van der Waals surface area contributed by atoms with Gasteiger partial charge in [-0.2, -0.15) is 5.10 Å². The van der Waals surface area contributed by atoms with Crippen LogP contribution >= 0.6 is 0 Å². The van der Waals surface area contributed by atoms with E-state index in [1.54, 1.807) is 42.0 Å². The number of aromatic nitrogens is 3. The first kappa shape index (κ1) is 22.7. The Morgan fingerprint density at radius 3 is 2.76 bits per heavy atom. The molecule has 3 aromatic heterocycles. The molecule has 34 heavy (non-hydrogen) atoms. The molecular formula is C25H24FN7O. The minimum absolute atomic E-state index is 0.0818. The number of amides is 1. The third kappa shape index (κ3) is 5.09. The van der Waals surface area contributed by atoms with E-state index in [2.05, 4.69) is 26.0 Å². The molecule has 0 unspecified atom stereocenters. The fourth-order valence-corrected chi connectivity index (χ4v) is 3.43. The highest BCUT2D eigenvalue weighted by Gasteiger charge is 2.14. The molecule has 0 bridgehead atoms. The number of benzene rings is 1. The van der Waals surface area contributed by atoms with Crippen LogP contribution in [0.3, 0.4) is 0 Å². The van der Waals surface area contributed by atoms with Gasteiger partial charge in [0.1, 0.15) is 17.5 Å². The largest absolute Gasteiger partial charge is 0.366 e. The summed E-state index contributed by atoms with van der Waals surface area (Å²) < 4.78 is 15.6. The van der Waals surface area contributed by atoms with Crippen LogP contribution in [0.1, 0.15) is 27.2 Å². The number of amidine groups is 1. The van der Waals surface area contributed by atoms with Gasteiger partial charge >= 0.3 is 0 Å². The summed E-state index contributed by atoms with van der Waals surface area (Å²) in [6, 6.07) is 15.7. The van der Waals surface area contributed by atoms with Crippen LogP contribution in [0.15, 0.2) is 73.1 Å². The number of hydrogen-bond acceptors (Lipinski definition) is 5. The van der Waals surface area contributed by atoms with E-state index in [-0.39, 0.29) is 24.1 Å². The molecule has 0 aliphatic carbocycles. The Bertz CT molecular complexity index is 1390. The van der Waals surface area contributed by atoms with Crippen molar-refractivity contribution in [3.05, 3.63) is 101 Å². The summed E-state index contributed by atoms with van der Waals surface area (Å²) in [5.41, 5.74) is 3.66. The zero-order valence-electron chi connectivity index (χ0n) is 18.8. The minimum atomic E-state index is -0.331. The Labute approximate surface area is 196 Å². The number of rotatable bonds is 7. The van der Waals surface area contributed by atoms with E-state index in [9.17, 15) is 9.18 Å². The van der Waals surface area contributed by atoms with E-state index in [1.165, 1.54) is 12.3 Å². The van der Waals surface area contributed by atoms with E-state index in [0.717, 1.165) is 11.3 Å². The second-order valence-corrected chi connectivity index (χ2v) is 7.59. The summed E-state index contributed by atoms with van der Waals surface area (Å²) >= 11 is 0. The van der Waals surface area contributed by atoms with Gasteiger partial charge in [0.2, 0.25) is 0 Å². The maximum absolute atomic E-state index is 14.0. The lowest BCUT2D eigenvalue weighted by Gasteiger charge is -2.13. The number of carbonyl (C=O) groups is 1. The number of aryl methyl sites for hydroxylation is 1.